The van der Waals surface area contributed by atoms with E-state index in [1.165, 1.54) is 10.5 Å². The zero-order chi connectivity index (χ0) is 17.6. The van der Waals surface area contributed by atoms with Crippen molar-refractivity contribution in [1.29, 1.82) is 0 Å². The van der Waals surface area contributed by atoms with Crippen LogP contribution in [-0.2, 0) is 6.54 Å². The predicted molar refractivity (Wildman–Crippen MR) is 90.0 cm³/mol. The van der Waals surface area contributed by atoms with Crippen LogP contribution in [0.25, 0.3) is 0 Å². The van der Waals surface area contributed by atoms with E-state index in [4.69, 9.17) is 0 Å². The Balaban J connectivity index is 1.90. The Morgan fingerprint density at radius 3 is 2.83 bits per heavy atom. The van der Waals surface area contributed by atoms with E-state index >= 15 is 0 Å². The van der Waals surface area contributed by atoms with Crippen molar-refractivity contribution in [3.05, 3.63) is 35.4 Å². The van der Waals surface area contributed by atoms with Gasteiger partial charge in [0, 0.05) is 25.7 Å². The molecule has 1 atom stereocenters. The van der Waals surface area contributed by atoms with Gasteiger partial charge < -0.3 is 10.6 Å². The SMILES string of the molecule is CCNC(=NCc1cccc(C)c1)NC1CCN(CC(F)(F)F)C1. The van der Waals surface area contributed by atoms with Gasteiger partial charge in [0.1, 0.15) is 0 Å². The standard InChI is InChI=1S/C17H25F3N4/c1-3-21-16(22-10-14-6-4-5-13(2)9-14)23-15-7-8-24(11-15)12-17(18,19)20/h4-6,9,15H,3,7-8,10-12H2,1-2H3,(H2,21,22,23). The number of benzene rings is 1. The maximum atomic E-state index is 12.5. The molecule has 2 N–H and O–H groups in total. The lowest BCUT2D eigenvalue weighted by molar-refractivity contribution is -0.143. The van der Waals surface area contributed by atoms with Crippen molar-refractivity contribution >= 4 is 5.96 Å². The van der Waals surface area contributed by atoms with Gasteiger partial charge in [0.25, 0.3) is 0 Å². The lowest BCUT2D eigenvalue weighted by Gasteiger charge is -2.19. The molecule has 0 aliphatic carbocycles. The van der Waals surface area contributed by atoms with Crippen LogP contribution in [0.4, 0.5) is 13.2 Å². The summed E-state index contributed by atoms with van der Waals surface area (Å²) in [5, 5.41) is 6.40. The lowest BCUT2D eigenvalue weighted by atomic mass is 10.1. The van der Waals surface area contributed by atoms with Gasteiger partial charge >= 0.3 is 6.18 Å². The van der Waals surface area contributed by atoms with E-state index in [-0.39, 0.29) is 6.04 Å². The van der Waals surface area contributed by atoms with Gasteiger partial charge in [-0.2, -0.15) is 13.2 Å². The van der Waals surface area contributed by atoms with Crippen molar-refractivity contribution in [2.45, 2.75) is 39.0 Å². The van der Waals surface area contributed by atoms with Crippen LogP contribution in [0.5, 0.6) is 0 Å². The number of hydrogen-bond acceptors (Lipinski definition) is 2. The third-order valence-electron chi connectivity index (χ3n) is 3.86. The van der Waals surface area contributed by atoms with Crippen molar-refractivity contribution in [2.24, 2.45) is 4.99 Å². The first kappa shape index (κ1) is 18.6. The largest absolute Gasteiger partial charge is 0.401 e. The molecule has 134 valence electrons. The average Bonchev–Trinajstić information content (AvgIpc) is 2.90. The number of nitrogens with one attached hydrogen (secondary N) is 2. The fourth-order valence-corrected chi connectivity index (χ4v) is 2.84. The summed E-state index contributed by atoms with van der Waals surface area (Å²) in [6.45, 7) is 5.23. The van der Waals surface area contributed by atoms with Gasteiger partial charge in [-0.1, -0.05) is 29.8 Å². The lowest BCUT2D eigenvalue weighted by Crippen LogP contribution is -2.45. The fourth-order valence-electron chi connectivity index (χ4n) is 2.84. The summed E-state index contributed by atoms with van der Waals surface area (Å²) in [6, 6.07) is 8.10. The van der Waals surface area contributed by atoms with Crippen LogP contribution < -0.4 is 10.6 Å². The molecule has 0 bridgehead atoms. The quantitative estimate of drug-likeness (QED) is 0.638. The molecule has 1 aromatic rings. The van der Waals surface area contributed by atoms with E-state index in [0.717, 1.165) is 5.56 Å². The van der Waals surface area contributed by atoms with E-state index in [1.54, 1.807) is 0 Å². The molecular weight excluding hydrogens is 317 g/mol. The number of halogens is 3. The number of rotatable bonds is 5. The molecule has 0 radical (unpaired) electrons. The van der Waals surface area contributed by atoms with Gasteiger partial charge in [-0.25, -0.2) is 4.99 Å². The Hall–Kier alpha value is -1.76. The maximum absolute atomic E-state index is 12.5. The number of hydrogen-bond donors (Lipinski definition) is 2. The molecule has 0 amide bonds. The van der Waals surface area contributed by atoms with Crippen molar-refractivity contribution in [3.8, 4) is 0 Å². The smallest absolute Gasteiger partial charge is 0.357 e. The Morgan fingerprint density at radius 1 is 1.38 bits per heavy atom. The van der Waals surface area contributed by atoms with E-state index in [2.05, 4.69) is 21.7 Å². The summed E-state index contributed by atoms with van der Waals surface area (Å²) in [5.41, 5.74) is 2.29. The summed E-state index contributed by atoms with van der Waals surface area (Å²) in [5.74, 6) is 0.651. The van der Waals surface area contributed by atoms with Crippen LogP contribution in [0, 0.1) is 6.92 Å². The number of alkyl halides is 3. The molecular formula is C17H25F3N4. The van der Waals surface area contributed by atoms with Crippen LogP contribution >= 0.6 is 0 Å². The normalized spacial score (nSPS) is 19.5. The number of aryl methyl sites for hydroxylation is 1. The highest BCUT2D eigenvalue weighted by Gasteiger charge is 2.34. The molecule has 24 heavy (non-hydrogen) atoms. The summed E-state index contributed by atoms with van der Waals surface area (Å²) in [4.78, 5) is 5.97. The molecule has 0 spiro atoms. The molecule has 1 aliphatic rings. The summed E-state index contributed by atoms with van der Waals surface area (Å²) < 4.78 is 37.4. The molecule has 2 rings (SSSR count). The number of nitrogens with zero attached hydrogens (tertiary/aromatic N) is 2. The molecule has 1 aliphatic heterocycles. The fraction of sp³-hybridized carbons (Fsp3) is 0.588. The highest BCUT2D eigenvalue weighted by atomic mass is 19.4. The van der Waals surface area contributed by atoms with Crippen molar-refractivity contribution in [3.63, 3.8) is 0 Å². The molecule has 1 saturated heterocycles. The molecule has 1 unspecified atom stereocenters. The highest BCUT2D eigenvalue weighted by Crippen LogP contribution is 2.19. The first-order valence-electron chi connectivity index (χ1n) is 8.25. The Morgan fingerprint density at radius 2 is 2.17 bits per heavy atom. The second-order valence-electron chi connectivity index (χ2n) is 6.16. The third-order valence-corrected chi connectivity index (χ3v) is 3.86. The van der Waals surface area contributed by atoms with E-state index < -0.39 is 12.7 Å². The Kier molecular flexibility index (Phi) is 6.48. The predicted octanol–water partition coefficient (Wildman–Crippen LogP) is 2.69. The minimum Gasteiger partial charge on any atom is -0.357 e. The van der Waals surface area contributed by atoms with Gasteiger partial charge in [0.15, 0.2) is 5.96 Å². The number of aliphatic imine (C=N–C) groups is 1. The molecule has 1 fully saturated rings. The van der Waals surface area contributed by atoms with Crippen LogP contribution in [0.15, 0.2) is 29.3 Å². The highest BCUT2D eigenvalue weighted by molar-refractivity contribution is 5.80. The van der Waals surface area contributed by atoms with Crippen LogP contribution in [0.2, 0.25) is 0 Å². The summed E-state index contributed by atoms with van der Waals surface area (Å²) in [6.07, 6.45) is -3.45. The molecule has 0 saturated carbocycles. The Labute approximate surface area is 141 Å². The monoisotopic (exact) mass is 342 g/mol. The molecule has 4 nitrogen and oxygen atoms in total. The minimum absolute atomic E-state index is 0.0114. The van der Waals surface area contributed by atoms with E-state index in [0.29, 0.717) is 38.6 Å². The van der Waals surface area contributed by atoms with Crippen molar-refractivity contribution < 1.29 is 13.2 Å². The topological polar surface area (TPSA) is 39.7 Å². The van der Waals surface area contributed by atoms with Gasteiger partial charge in [-0.3, -0.25) is 4.90 Å². The average molecular weight is 342 g/mol. The Bertz CT molecular complexity index is 557. The molecule has 7 heteroatoms. The van der Waals surface area contributed by atoms with Gasteiger partial charge in [-0.15, -0.1) is 0 Å². The first-order chi connectivity index (χ1) is 11.4. The molecule has 1 heterocycles. The zero-order valence-corrected chi connectivity index (χ0v) is 14.2. The van der Waals surface area contributed by atoms with E-state index in [1.807, 2.05) is 32.0 Å². The number of guanidine groups is 1. The van der Waals surface area contributed by atoms with Crippen molar-refractivity contribution in [1.82, 2.24) is 15.5 Å². The third kappa shape index (κ3) is 6.39. The minimum atomic E-state index is -4.14. The van der Waals surface area contributed by atoms with Crippen LogP contribution in [-0.4, -0.2) is 49.3 Å². The van der Waals surface area contributed by atoms with Gasteiger partial charge in [0.05, 0.1) is 13.1 Å². The number of likely N-dealkylation sites (tertiary alicyclic amines) is 1. The van der Waals surface area contributed by atoms with Crippen LogP contribution in [0.3, 0.4) is 0 Å². The molecule has 1 aromatic carbocycles. The summed E-state index contributed by atoms with van der Waals surface area (Å²) in [7, 11) is 0. The van der Waals surface area contributed by atoms with Crippen LogP contribution in [0.1, 0.15) is 24.5 Å². The second-order valence-corrected chi connectivity index (χ2v) is 6.16. The maximum Gasteiger partial charge on any atom is 0.401 e. The summed E-state index contributed by atoms with van der Waals surface area (Å²) >= 11 is 0. The van der Waals surface area contributed by atoms with E-state index in [9.17, 15) is 13.2 Å². The van der Waals surface area contributed by atoms with Crippen molar-refractivity contribution in [2.75, 3.05) is 26.2 Å². The second kappa shape index (κ2) is 8.37. The first-order valence-corrected chi connectivity index (χ1v) is 8.25. The molecule has 0 aromatic heterocycles. The van der Waals surface area contributed by atoms with Gasteiger partial charge in [0.2, 0.25) is 0 Å². The van der Waals surface area contributed by atoms with Gasteiger partial charge in [-0.05, 0) is 25.8 Å². The zero-order valence-electron chi connectivity index (χ0n) is 14.2.